The summed E-state index contributed by atoms with van der Waals surface area (Å²) in [7, 11) is 0. The minimum absolute atomic E-state index is 0.0735. The van der Waals surface area contributed by atoms with Crippen molar-refractivity contribution in [3.63, 3.8) is 0 Å². The van der Waals surface area contributed by atoms with Crippen LogP contribution in [-0.2, 0) is 0 Å². The van der Waals surface area contributed by atoms with Gasteiger partial charge in [-0.25, -0.2) is 4.39 Å². The van der Waals surface area contributed by atoms with Gasteiger partial charge in [0.2, 0.25) is 0 Å². The second-order valence-corrected chi connectivity index (χ2v) is 5.03. The summed E-state index contributed by atoms with van der Waals surface area (Å²) in [5, 5.41) is 4.48. The first-order valence-corrected chi connectivity index (χ1v) is 6.50. The minimum Gasteiger partial charge on any atom is -0.328 e. The standard InChI is InChI=1S/C13H15BrFN3/c1-8-13(14)9(2)18(17-8)12(7-16)10-3-5-11(15)6-4-10/h3-6,12H,7,16H2,1-2H3. The van der Waals surface area contributed by atoms with Gasteiger partial charge >= 0.3 is 0 Å². The molecule has 2 N–H and O–H groups in total. The molecule has 3 nitrogen and oxygen atoms in total. The number of nitrogens with zero attached hydrogens (tertiary/aromatic N) is 2. The van der Waals surface area contributed by atoms with Crippen LogP contribution in [0.2, 0.25) is 0 Å². The number of hydrogen-bond acceptors (Lipinski definition) is 2. The highest BCUT2D eigenvalue weighted by Gasteiger charge is 2.18. The van der Waals surface area contributed by atoms with Crippen molar-refractivity contribution < 1.29 is 4.39 Å². The molecule has 0 fully saturated rings. The largest absolute Gasteiger partial charge is 0.328 e. The van der Waals surface area contributed by atoms with Crippen LogP contribution in [0.3, 0.4) is 0 Å². The van der Waals surface area contributed by atoms with Gasteiger partial charge in [0.05, 0.1) is 21.9 Å². The molecule has 0 saturated carbocycles. The van der Waals surface area contributed by atoms with E-state index in [1.165, 1.54) is 12.1 Å². The maximum Gasteiger partial charge on any atom is 0.123 e. The van der Waals surface area contributed by atoms with Crippen molar-refractivity contribution in [3.8, 4) is 0 Å². The topological polar surface area (TPSA) is 43.8 Å². The maximum absolute atomic E-state index is 12.9. The normalized spacial score (nSPS) is 12.7. The molecule has 0 radical (unpaired) electrons. The highest BCUT2D eigenvalue weighted by Crippen LogP contribution is 2.26. The highest BCUT2D eigenvalue weighted by molar-refractivity contribution is 9.10. The number of rotatable bonds is 3. The van der Waals surface area contributed by atoms with Crippen LogP contribution in [-0.4, -0.2) is 16.3 Å². The Labute approximate surface area is 114 Å². The average Bonchev–Trinajstić information content (AvgIpc) is 2.61. The van der Waals surface area contributed by atoms with Crippen LogP contribution in [0.25, 0.3) is 0 Å². The van der Waals surface area contributed by atoms with Gasteiger partial charge in [0.1, 0.15) is 5.82 Å². The van der Waals surface area contributed by atoms with E-state index in [1.54, 1.807) is 12.1 Å². The molecule has 0 aliphatic rings. The molecule has 0 spiro atoms. The van der Waals surface area contributed by atoms with Crippen molar-refractivity contribution in [3.05, 3.63) is 51.5 Å². The molecule has 18 heavy (non-hydrogen) atoms. The molecule has 0 saturated heterocycles. The van der Waals surface area contributed by atoms with Gasteiger partial charge in [-0.05, 0) is 47.5 Å². The van der Waals surface area contributed by atoms with Gasteiger partial charge in [-0.15, -0.1) is 0 Å². The zero-order valence-electron chi connectivity index (χ0n) is 10.3. The van der Waals surface area contributed by atoms with Gasteiger partial charge in [0.15, 0.2) is 0 Å². The summed E-state index contributed by atoms with van der Waals surface area (Å²) in [5.74, 6) is -0.246. The summed E-state index contributed by atoms with van der Waals surface area (Å²) in [6.45, 7) is 4.34. The summed E-state index contributed by atoms with van der Waals surface area (Å²) >= 11 is 3.50. The SMILES string of the molecule is Cc1nn(C(CN)c2ccc(F)cc2)c(C)c1Br. The molecule has 5 heteroatoms. The fraction of sp³-hybridized carbons (Fsp3) is 0.308. The predicted molar refractivity (Wildman–Crippen MR) is 73.0 cm³/mol. The third-order valence-electron chi connectivity index (χ3n) is 3.01. The number of aromatic nitrogens is 2. The first-order chi connectivity index (χ1) is 8.54. The summed E-state index contributed by atoms with van der Waals surface area (Å²) in [4.78, 5) is 0. The molecular weight excluding hydrogens is 297 g/mol. The molecule has 2 aromatic rings. The Bertz CT molecular complexity index is 548. The molecule has 0 aliphatic carbocycles. The molecule has 0 bridgehead atoms. The smallest absolute Gasteiger partial charge is 0.123 e. The zero-order valence-corrected chi connectivity index (χ0v) is 11.9. The summed E-state index contributed by atoms with van der Waals surface area (Å²) in [6, 6.07) is 6.31. The van der Waals surface area contributed by atoms with Gasteiger partial charge in [0, 0.05) is 6.54 Å². The third kappa shape index (κ3) is 2.33. The lowest BCUT2D eigenvalue weighted by molar-refractivity contribution is 0.515. The molecule has 1 unspecified atom stereocenters. The maximum atomic E-state index is 12.9. The zero-order chi connectivity index (χ0) is 13.3. The number of hydrogen-bond donors (Lipinski definition) is 1. The van der Waals surface area contributed by atoms with E-state index in [2.05, 4.69) is 21.0 Å². The van der Waals surface area contributed by atoms with Crippen LogP contribution in [0.5, 0.6) is 0 Å². The minimum atomic E-state index is -0.246. The van der Waals surface area contributed by atoms with Crippen molar-refractivity contribution in [2.45, 2.75) is 19.9 Å². The molecular formula is C13H15BrFN3. The lowest BCUT2D eigenvalue weighted by atomic mass is 10.1. The molecule has 0 aliphatic heterocycles. The van der Waals surface area contributed by atoms with Crippen LogP contribution in [0.4, 0.5) is 4.39 Å². The van der Waals surface area contributed by atoms with E-state index in [0.717, 1.165) is 21.4 Å². The van der Waals surface area contributed by atoms with E-state index in [-0.39, 0.29) is 11.9 Å². The van der Waals surface area contributed by atoms with Crippen LogP contribution < -0.4 is 5.73 Å². The fourth-order valence-electron chi connectivity index (χ4n) is 2.01. The van der Waals surface area contributed by atoms with Crippen molar-refractivity contribution >= 4 is 15.9 Å². The average molecular weight is 312 g/mol. The molecule has 2 rings (SSSR count). The quantitative estimate of drug-likeness (QED) is 0.947. The Morgan fingerprint density at radius 1 is 1.33 bits per heavy atom. The second-order valence-electron chi connectivity index (χ2n) is 4.23. The van der Waals surface area contributed by atoms with Crippen molar-refractivity contribution in [1.29, 1.82) is 0 Å². The van der Waals surface area contributed by atoms with Gasteiger partial charge in [0.25, 0.3) is 0 Å². The lowest BCUT2D eigenvalue weighted by Crippen LogP contribution is -2.22. The lowest BCUT2D eigenvalue weighted by Gasteiger charge is -2.17. The van der Waals surface area contributed by atoms with Gasteiger partial charge < -0.3 is 5.73 Å². The van der Waals surface area contributed by atoms with E-state index in [1.807, 2.05) is 18.5 Å². The van der Waals surface area contributed by atoms with Crippen LogP contribution >= 0.6 is 15.9 Å². The van der Waals surface area contributed by atoms with Gasteiger partial charge in [-0.1, -0.05) is 12.1 Å². The molecule has 1 heterocycles. The summed E-state index contributed by atoms with van der Waals surface area (Å²) < 4.78 is 15.8. The van der Waals surface area contributed by atoms with Crippen LogP contribution in [0.1, 0.15) is 23.0 Å². The van der Waals surface area contributed by atoms with E-state index in [4.69, 9.17) is 5.73 Å². The number of nitrogens with two attached hydrogens (primary N) is 1. The number of aryl methyl sites for hydroxylation is 1. The molecule has 96 valence electrons. The second kappa shape index (κ2) is 5.20. The van der Waals surface area contributed by atoms with Crippen LogP contribution in [0, 0.1) is 19.7 Å². The highest BCUT2D eigenvalue weighted by atomic mass is 79.9. The van der Waals surface area contributed by atoms with Crippen LogP contribution in [0.15, 0.2) is 28.7 Å². The Hall–Kier alpha value is -1.20. The van der Waals surface area contributed by atoms with E-state index < -0.39 is 0 Å². The monoisotopic (exact) mass is 311 g/mol. The molecule has 1 atom stereocenters. The van der Waals surface area contributed by atoms with E-state index in [0.29, 0.717) is 6.54 Å². The Morgan fingerprint density at radius 2 is 1.94 bits per heavy atom. The van der Waals surface area contributed by atoms with Crippen molar-refractivity contribution in [2.24, 2.45) is 5.73 Å². The first-order valence-electron chi connectivity index (χ1n) is 5.71. The first kappa shape index (κ1) is 13.2. The van der Waals surface area contributed by atoms with Crippen molar-refractivity contribution in [1.82, 2.24) is 9.78 Å². The Balaban J connectivity index is 2.45. The predicted octanol–water partition coefficient (Wildman–Crippen LogP) is 2.95. The number of halogens is 2. The van der Waals surface area contributed by atoms with Gasteiger partial charge in [-0.3, -0.25) is 4.68 Å². The van der Waals surface area contributed by atoms with Crippen molar-refractivity contribution in [2.75, 3.05) is 6.54 Å². The molecule has 1 aromatic carbocycles. The van der Waals surface area contributed by atoms with Gasteiger partial charge in [-0.2, -0.15) is 5.10 Å². The number of benzene rings is 1. The summed E-state index contributed by atoms with van der Waals surface area (Å²) in [5.41, 5.74) is 8.73. The third-order valence-corrected chi connectivity index (χ3v) is 4.16. The van der Waals surface area contributed by atoms with E-state index >= 15 is 0 Å². The molecule has 0 amide bonds. The fourth-order valence-corrected chi connectivity index (χ4v) is 2.27. The summed E-state index contributed by atoms with van der Waals surface area (Å²) in [6.07, 6.45) is 0. The molecule has 1 aromatic heterocycles. The van der Waals surface area contributed by atoms with E-state index in [9.17, 15) is 4.39 Å². The Morgan fingerprint density at radius 3 is 2.39 bits per heavy atom. The Kier molecular flexibility index (Phi) is 3.82.